The lowest BCUT2D eigenvalue weighted by Gasteiger charge is -2.42. The van der Waals surface area contributed by atoms with Gasteiger partial charge in [0, 0.05) is 12.0 Å². The fourth-order valence-corrected chi connectivity index (χ4v) is 6.18. The van der Waals surface area contributed by atoms with Gasteiger partial charge < -0.3 is 8.85 Å². The lowest BCUT2D eigenvalue weighted by molar-refractivity contribution is 0.0932. The number of carbonyl (C=O) groups is 1. The van der Waals surface area contributed by atoms with Gasteiger partial charge in [0.2, 0.25) is 0 Å². The number of rotatable bonds is 11. The van der Waals surface area contributed by atoms with Crippen molar-refractivity contribution in [3.63, 3.8) is 0 Å². The fraction of sp³-hybridized carbons (Fsp3) is 0.516. The highest BCUT2D eigenvalue weighted by atomic mass is 28.4. The van der Waals surface area contributed by atoms with E-state index < -0.39 is 16.6 Å². The summed E-state index contributed by atoms with van der Waals surface area (Å²) >= 11 is 0. The molecule has 0 aliphatic heterocycles. The maximum atomic E-state index is 12.7. The van der Waals surface area contributed by atoms with Crippen molar-refractivity contribution in [3.8, 4) is 0 Å². The van der Waals surface area contributed by atoms with Crippen molar-refractivity contribution < 1.29 is 13.6 Å². The van der Waals surface area contributed by atoms with Gasteiger partial charge in [0.15, 0.2) is 22.4 Å². The minimum absolute atomic E-state index is 0.0267. The van der Waals surface area contributed by atoms with Gasteiger partial charge in [0.25, 0.3) is 0 Å². The van der Waals surface area contributed by atoms with E-state index in [1.165, 1.54) is 5.56 Å². The minimum atomic E-state index is -2.04. The Morgan fingerprint density at radius 3 is 1.75 bits per heavy atom. The van der Waals surface area contributed by atoms with Crippen molar-refractivity contribution in [2.45, 2.75) is 103 Å². The average molecular weight is 525 g/mol. The summed E-state index contributed by atoms with van der Waals surface area (Å²) < 4.78 is 14.0. The number of hydrogen-bond acceptors (Lipinski definition) is 3. The number of allylic oxidation sites excluding steroid dienone is 1. The van der Waals surface area contributed by atoms with E-state index in [0.29, 0.717) is 12.0 Å². The summed E-state index contributed by atoms with van der Waals surface area (Å²) in [7, 11) is -4.06. The van der Waals surface area contributed by atoms with Gasteiger partial charge in [-0.1, -0.05) is 108 Å². The van der Waals surface area contributed by atoms with Crippen molar-refractivity contribution in [2.24, 2.45) is 0 Å². The Morgan fingerprint density at radius 2 is 1.25 bits per heavy atom. The molecule has 0 bridgehead atoms. The molecule has 2 rings (SSSR count). The lowest BCUT2D eigenvalue weighted by atomic mass is 10.0. The van der Waals surface area contributed by atoms with Crippen LogP contribution in [0.5, 0.6) is 0 Å². The second kappa shape index (κ2) is 12.2. The third-order valence-corrected chi connectivity index (χ3v) is 16.9. The van der Waals surface area contributed by atoms with Gasteiger partial charge >= 0.3 is 0 Å². The molecule has 2 aromatic rings. The highest BCUT2D eigenvalue weighted by Crippen LogP contribution is 2.43. The van der Waals surface area contributed by atoms with E-state index in [1.807, 2.05) is 36.4 Å². The molecular weight excluding hydrogens is 477 g/mol. The van der Waals surface area contributed by atoms with Crippen LogP contribution in [0.15, 0.2) is 72.8 Å². The number of carbonyl (C=O) groups excluding carboxylic acids is 1. The summed E-state index contributed by atoms with van der Waals surface area (Å²) in [6.07, 6.45) is 5.02. The van der Waals surface area contributed by atoms with E-state index in [2.05, 4.69) is 98.1 Å². The summed E-state index contributed by atoms with van der Waals surface area (Å²) in [5.41, 5.74) is 1.90. The first-order valence-corrected chi connectivity index (χ1v) is 19.0. The van der Waals surface area contributed by atoms with Crippen LogP contribution in [0.25, 0.3) is 0 Å². The van der Waals surface area contributed by atoms with Gasteiger partial charge in [0.1, 0.15) is 0 Å². The molecule has 2 atom stereocenters. The molecular formula is C31H48O3Si2. The first kappa shape index (κ1) is 30.4. The summed E-state index contributed by atoms with van der Waals surface area (Å²) in [6.45, 7) is 22.9. The Morgan fingerprint density at radius 1 is 0.778 bits per heavy atom. The van der Waals surface area contributed by atoms with Gasteiger partial charge in [-0.25, -0.2) is 0 Å². The molecule has 0 aliphatic rings. The number of benzene rings is 2. The second-order valence-corrected chi connectivity index (χ2v) is 22.4. The molecule has 0 N–H and O–H groups in total. The van der Waals surface area contributed by atoms with Crippen LogP contribution in [0.3, 0.4) is 0 Å². The van der Waals surface area contributed by atoms with Crippen LogP contribution in [0.2, 0.25) is 36.3 Å². The van der Waals surface area contributed by atoms with E-state index in [9.17, 15) is 4.79 Å². The van der Waals surface area contributed by atoms with Gasteiger partial charge in [-0.2, -0.15) is 0 Å². The second-order valence-electron chi connectivity index (χ2n) is 12.9. The zero-order chi connectivity index (χ0) is 27.2. The Kier molecular flexibility index (Phi) is 10.3. The van der Waals surface area contributed by atoms with E-state index in [0.717, 1.165) is 6.42 Å². The smallest absolute Gasteiger partial charge is 0.192 e. The largest absolute Gasteiger partial charge is 0.414 e. The molecule has 0 saturated heterocycles. The molecule has 5 heteroatoms. The molecule has 0 spiro atoms. The van der Waals surface area contributed by atoms with E-state index in [-0.39, 0.29) is 28.1 Å². The molecule has 2 aromatic carbocycles. The molecule has 0 radical (unpaired) electrons. The van der Waals surface area contributed by atoms with Crippen molar-refractivity contribution in [2.75, 3.05) is 0 Å². The van der Waals surface area contributed by atoms with Crippen LogP contribution in [0.1, 0.15) is 76.4 Å². The van der Waals surface area contributed by atoms with E-state index in [1.54, 1.807) is 6.08 Å². The molecule has 198 valence electrons. The summed E-state index contributed by atoms with van der Waals surface area (Å²) in [5.74, 6) is 0.0267. The van der Waals surface area contributed by atoms with Crippen LogP contribution in [-0.4, -0.2) is 28.5 Å². The first-order chi connectivity index (χ1) is 16.5. The maximum absolute atomic E-state index is 12.7. The topological polar surface area (TPSA) is 35.5 Å². The van der Waals surface area contributed by atoms with Gasteiger partial charge in [0.05, 0.1) is 12.2 Å². The van der Waals surface area contributed by atoms with Crippen LogP contribution in [0.4, 0.5) is 0 Å². The zero-order valence-corrected chi connectivity index (χ0v) is 26.2. The van der Waals surface area contributed by atoms with Crippen molar-refractivity contribution >= 4 is 22.4 Å². The molecule has 0 heterocycles. The summed E-state index contributed by atoms with van der Waals surface area (Å²) in [6, 6.07) is 20.0. The normalized spacial score (nSPS) is 15.2. The van der Waals surface area contributed by atoms with Crippen LogP contribution in [-0.2, 0) is 8.85 Å². The number of ketones is 1. The van der Waals surface area contributed by atoms with Crippen LogP contribution in [0, 0.1) is 0 Å². The van der Waals surface area contributed by atoms with Crippen molar-refractivity contribution in [3.05, 3.63) is 83.9 Å². The highest BCUT2D eigenvalue weighted by Gasteiger charge is 2.42. The quantitative estimate of drug-likeness (QED) is 0.167. The minimum Gasteiger partial charge on any atom is -0.414 e. The molecule has 0 saturated carbocycles. The Labute approximate surface area is 222 Å². The third kappa shape index (κ3) is 8.65. The van der Waals surface area contributed by atoms with Gasteiger partial charge in [-0.05, 0) is 54.3 Å². The summed E-state index contributed by atoms with van der Waals surface area (Å²) in [4.78, 5) is 12.7. The van der Waals surface area contributed by atoms with Crippen LogP contribution < -0.4 is 0 Å². The Bertz CT molecular complexity index is 984. The van der Waals surface area contributed by atoms with Gasteiger partial charge in [-0.15, -0.1) is 0 Å². The predicted molar refractivity (Wildman–Crippen MR) is 159 cm³/mol. The monoisotopic (exact) mass is 524 g/mol. The Hall–Kier alpha value is -1.80. The van der Waals surface area contributed by atoms with Gasteiger partial charge in [-0.3, -0.25) is 4.79 Å². The standard InChI is InChI=1S/C31H48O3Si2/c1-30(2,3)35(7,8)33-27(22-17-23-28(32)25-18-13-11-14-19-25)24-29(26-20-15-12-16-21-26)34-36(9,10)31(4,5)6/h11-21,23,27,29H,22,24H2,1-10H3/b23-17+/t27-,29-/m0/s1. The lowest BCUT2D eigenvalue weighted by Crippen LogP contribution is -2.45. The maximum Gasteiger partial charge on any atom is 0.192 e. The predicted octanol–water partition coefficient (Wildman–Crippen LogP) is 9.36. The van der Waals surface area contributed by atoms with Crippen LogP contribution >= 0.6 is 0 Å². The third-order valence-electron chi connectivity index (χ3n) is 7.89. The molecule has 0 fully saturated rings. The molecule has 3 nitrogen and oxygen atoms in total. The number of hydrogen-bond donors (Lipinski definition) is 0. The fourth-order valence-electron chi connectivity index (χ4n) is 3.50. The molecule has 0 unspecified atom stereocenters. The highest BCUT2D eigenvalue weighted by molar-refractivity contribution is 6.74. The SMILES string of the molecule is CC(C)(C)[Si](C)(C)O[C@@H](C/C=C/C(=O)c1ccccc1)C[C@H](O[Si](C)(C)C(C)(C)C)c1ccccc1. The van der Waals surface area contributed by atoms with Crippen molar-refractivity contribution in [1.82, 2.24) is 0 Å². The zero-order valence-electron chi connectivity index (χ0n) is 24.2. The summed E-state index contributed by atoms with van der Waals surface area (Å²) in [5, 5.41) is 0.204. The first-order valence-electron chi connectivity index (χ1n) is 13.2. The van der Waals surface area contributed by atoms with Crippen molar-refractivity contribution in [1.29, 1.82) is 0 Å². The average Bonchev–Trinajstić information content (AvgIpc) is 2.77. The van der Waals surface area contributed by atoms with E-state index in [4.69, 9.17) is 8.85 Å². The molecule has 0 amide bonds. The molecule has 36 heavy (non-hydrogen) atoms. The Balaban J connectivity index is 2.34. The molecule has 0 aromatic heterocycles. The van der Waals surface area contributed by atoms with E-state index >= 15 is 0 Å². The molecule has 0 aliphatic carbocycles.